The van der Waals surface area contributed by atoms with Crippen molar-refractivity contribution in [3.05, 3.63) is 124 Å². The van der Waals surface area contributed by atoms with Gasteiger partial charge in [0, 0.05) is 64.3 Å². The zero-order valence-electron chi connectivity index (χ0n) is 29.3. The molecule has 268 valence electrons. The van der Waals surface area contributed by atoms with Crippen LogP contribution in [0.1, 0.15) is 49.3 Å². The highest BCUT2D eigenvalue weighted by atomic mass is 32.1. The third-order valence-electron chi connectivity index (χ3n) is 9.00. The first-order valence-corrected chi connectivity index (χ1v) is 19.1. The monoisotopic (exact) mass is 742 g/mol. The summed E-state index contributed by atoms with van der Waals surface area (Å²) in [5.74, 6) is -0.203. The van der Waals surface area contributed by atoms with Crippen molar-refractivity contribution >= 4 is 63.4 Å². The molecule has 0 aliphatic carbocycles. The number of anilines is 4. The van der Waals surface area contributed by atoms with Gasteiger partial charge in [0.2, 0.25) is 5.95 Å². The highest BCUT2D eigenvalue weighted by Gasteiger charge is 2.20. The summed E-state index contributed by atoms with van der Waals surface area (Å²) in [6.07, 6.45) is 5.62. The number of thiophene rings is 2. The second-order valence-electron chi connectivity index (χ2n) is 12.6. The van der Waals surface area contributed by atoms with Crippen molar-refractivity contribution in [1.82, 2.24) is 24.8 Å². The Balaban J connectivity index is 0.984. The number of amides is 3. The topological polar surface area (TPSA) is 132 Å². The predicted octanol–water partition coefficient (Wildman–Crippen LogP) is 8.05. The summed E-state index contributed by atoms with van der Waals surface area (Å²) < 4.78 is 0. The van der Waals surface area contributed by atoms with Crippen molar-refractivity contribution in [3.8, 4) is 21.0 Å². The van der Waals surface area contributed by atoms with Crippen molar-refractivity contribution in [1.29, 1.82) is 0 Å². The van der Waals surface area contributed by atoms with Crippen molar-refractivity contribution in [2.45, 2.75) is 20.3 Å². The van der Waals surface area contributed by atoms with Gasteiger partial charge in [0.25, 0.3) is 17.7 Å². The molecule has 1 aliphatic rings. The predicted molar refractivity (Wildman–Crippen MR) is 212 cm³/mol. The molecule has 4 aromatic heterocycles. The number of carbonyl (C=O) groups excluding carboxylic acids is 3. The molecule has 6 aromatic rings. The fourth-order valence-corrected chi connectivity index (χ4v) is 7.77. The number of hydrogen-bond donors (Lipinski definition) is 3. The normalized spacial score (nSPS) is 13.3. The zero-order chi connectivity index (χ0) is 36.7. The lowest BCUT2D eigenvalue weighted by molar-refractivity contribution is 0.0761. The van der Waals surface area contributed by atoms with E-state index in [9.17, 15) is 14.4 Å². The van der Waals surface area contributed by atoms with E-state index >= 15 is 0 Å². The number of hydrogen-bond acceptors (Lipinski definition) is 10. The maximum atomic E-state index is 13.3. The molecule has 1 aliphatic heterocycles. The number of benzene rings is 2. The molecule has 0 unspecified atom stereocenters. The number of carbonyl (C=O) groups is 3. The maximum absolute atomic E-state index is 13.3. The molecule has 0 radical (unpaired) electrons. The standard InChI is InChI=1S/C40H38N8O3S2/c1-3-47-17-5-18-48(20-19-47)39(51)28-10-8-27(9-11-28)32-15-16-42-40(45-32)46-33-23-30(12-7-26(33)2)43-37(49)29-22-31(25-41-24-29)44-38(50)36-14-13-35(53-36)34-6-4-21-52-34/h4,6-16,21-25H,3,5,17-20H2,1-2H3,(H,43,49)(H,44,50)(H,42,45,46). The van der Waals surface area contributed by atoms with Gasteiger partial charge < -0.3 is 25.8 Å². The van der Waals surface area contributed by atoms with Gasteiger partial charge >= 0.3 is 0 Å². The molecule has 3 N–H and O–H groups in total. The highest BCUT2D eigenvalue weighted by Crippen LogP contribution is 2.32. The van der Waals surface area contributed by atoms with Gasteiger partial charge in [-0.3, -0.25) is 19.4 Å². The van der Waals surface area contributed by atoms with Crippen LogP contribution in [0.2, 0.25) is 0 Å². The molecule has 53 heavy (non-hydrogen) atoms. The van der Waals surface area contributed by atoms with Crippen LogP contribution in [-0.4, -0.2) is 75.2 Å². The number of pyridine rings is 1. The van der Waals surface area contributed by atoms with Gasteiger partial charge in [0.15, 0.2) is 0 Å². The van der Waals surface area contributed by atoms with E-state index in [0.29, 0.717) is 39.0 Å². The van der Waals surface area contributed by atoms with Crippen LogP contribution in [0.25, 0.3) is 21.0 Å². The van der Waals surface area contributed by atoms with Gasteiger partial charge in [-0.05, 0) is 92.0 Å². The van der Waals surface area contributed by atoms with Crippen molar-refractivity contribution in [2.24, 2.45) is 0 Å². The van der Waals surface area contributed by atoms with E-state index in [0.717, 1.165) is 65.7 Å². The Morgan fingerprint density at radius 3 is 2.47 bits per heavy atom. The first-order valence-electron chi connectivity index (χ1n) is 17.4. The summed E-state index contributed by atoms with van der Waals surface area (Å²) in [7, 11) is 0. The minimum absolute atomic E-state index is 0.0514. The first kappa shape index (κ1) is 35.6. The minimum atomic E-state index is -0.376. The summed E-state index contributed by atoms with van der Waals surface area (Å²) >= 11 is 3.03. The second kappa shape index (κ2) is 16.3. The van der Waals surface area contributed by atoms with E-state index in [2.05, 4.69) is 37.7 Å². The SMILES string of the molecule is CCN1CCCN(C(=O)c2ccc(-c3ccnc(Nc4cc(NC(=O)c5cncc(NC(=O)c6ccc(-c7cccs7)s6)c5)ccc4C)n3)cc2)CC1. The maximum Gasteiger partial charge on any atom is 0.265 e. The Morgan fingerprint density at radius 1 is 0.811 bits per heavy atom. The molecule has 0 saturated carbocycles. The molecule has 0 atom stereocenters. The van der Waals surface area contributed by atoms with E-state index in [4.69, 9.17) is 4.98 Å². The van der Waals surface area contributed by atoms with Gasteiger partial charge in [0.1, 0.15) is 0 Å². The van der Waals surface area contributed by atoms with Crippen LogP contribution >= 0.6 is 22.7 Å². The van der Waals surface area contributed by atoms with E-state index < -0.39 is 0 Å². The Bertz CT molecular complexity index is 2240. The molecular formula is C40H38N8O3S2. The van der Waals surface area contributed by atoms with Crippen LogP contribution in [0.3, 0.4) is 0 Å². The third kappa shape index (κ3) is 8.66. The zero-order valence-corrected chi connectivity index (χ0v) is 31.0. The van der Waals surface area contributed by atoms with E-state index in [1.165, 1.54) is 23.7 Å². The number of aryl methyl sites for hydroxylation is 1. The molecule has 2 aromatic carbocycles. The summed E-state index contributed by atoms with van der Waals surface area (Å²) in [5, 5.41) is 11.1. The fraction of sp³-hybridized carbons (Fsp3) is 0.200. The Morgan fingerprint density at radius 2 is 1.66 bits per heavy atom. The lowest BCUT2D eigenvalue weighted by atomic mass is 10.1. The molecule has 13 heteroatoms. The van der Waals surface area contributed by atoms with E-state index in [1.54, 1.807) is 29.7 Å². The summed E-state index contributed by atoms with van der Waals surface area (Å²) in [6.45, 7) is 8.51. The van der Waals surface area contributed by atoms with Crippen LogP contribution in [0.4, 0.5) is 23.0 Å². The number of nitrogens with zero attached hydrogens (tertiary/aromatic N) is 5. The van der Waals surface area contributed by atoms with Crippen LogP contribution in [-0.2, 0) is 0 Å². The fourth-order valence-electron chi connectivity index (χ4n) is 6.03. The van der Waals surface area contributed by atoms with Crippen LogP contribution in [0, 0.1) is 6.92 Å². The average Bonchev–Trinajstić information content (AvgIpc) is 3.85. The Hall–Kier alpha value is -5.76. The van der Waals surface area contributed by atoms with Gasteiger partial charge in [0.05, 0.1) is 28.0 Å². The smallest absolute Gasteiger partial charge is 0.265 e. The molecule has 0 bridgehead atoms. The quantitative estimate of drug-likeness (QED) is 0.129. The molecular weight excluding hydrogens is 705 g/mol. The van der Waals surface area contributed by atoms with Crippen LogP contribution in [0.15, 0.2) is 103 Å². The van der Waals surface area contributed by atoms with Crippen molar-refractivity contribution in [3.63, 3.8) is 0 Å². The number of likely N-dealkylation sites (N-methyl/N-ethyl adjacent to an activating group) is 1. The summed E-state index contributed by atoms with van der Waals surface area (Å²) in [6, 6.07) is 24.2. The number of nitrogens with one attached hydrogen (secondary N) is 3. The summed E-state index contributed by atoms with van der Waals surface area (Å²) in [4.78, 5) is 59.8. The van der Waals surface area contributed by atoms with Gasteiger partial charge in [-0.15, -0.1) is 22.7 Å². The van der Waals surface area contributed by atoms with Gasteiger partial charge in [-0.1, -0.05) is 31.2 Å². The molecule has 7 rings (SSSR count). The second-order valence-corrected chi connectivity index (χ2v) is 14.6. The largest absolute Gasteiger partial charge is 0.337 e. The van der Waals surface area contributed by atoms with Crippen molar-refractivity contribution < 1.29 is 14.4 Å². The van der Waals surface area contributed by atoms with Crippen LogP contribution < -0.4 is 16.0 Å². The molecule has 11 nitrogen and oxygen atoms in total. The van der Waals surface area contributed by atoms with Crippen molar-refractivity contribution in [2.75, 3.05) is 48.7 Å². The van der Waals surface area contributed by atoms with Gasteiger partial charge in [-0.2, -0.15) is 0 Å². The van der Waals surface area contributed by atoms with E-state index in [-0.39, 0.29) is 17.7 Å². The molecule has 0 spiro atoms. The first-order chi connectivity index (χ1) is 25.8. The molecule has 3 amide bonds. The summed E-state index contributed by atoms with van der Waals surface area (Å²) in [5.41, 5.74) is 5.15. The molecule has 1 saturated heterocycles. The lowest BCUT2D eigenvalue weighted by Gasteiger charge is -2.21. The van der Waals surface area contributed by atoms with E-state index in [1.807, 2.05) is 83.9 Å². The van der Waals surface area contributed by atoms with Crippen LogP contribution in [0.5, 0.6) is 0 Å². The third-order valence-corrected chi connectivity index (χ3v) is 11.1. The Labute approximate surface area is 315 Å². The Kier molecular flexibility index (Phi) is 10.9. The highest BCUT2D eigenvalue weighted by molar-refractivity contribution is 7.22. The molecule has 5 heterocycles. The lowest BCUT2D eigenvalue weighted by Crippen LogP contribution is -2.35. The number of aromatic nitrogens is 3. The average molecular weight is 743 g/mol. The van der Waals surface area contributed by atoms with Gasteiger partial charge in [-0.25, -0.2) is 9.97 Å². The molecule has 1 fully saturated rings. The minimum Gasteiger partial charge on any atom is -0.337 e. The number of rotatable bonds is 10.